The summed E-state index contributed by atoms with van der Waals surface area (Å²) in [4.78, 5) is 13.4. The first-order valence-electron chi connectivity index (χ1n) is 9.05. The molecule has 0 saturated heterocycles. The Kier molecular flexibility index (Phi) is 5.98. The molecule has 0 aliphatic carbocycles. The van der Waals surface area contributed by atoms with Crippen LogP contribution in [0.5, 0.6) is 0 Å². The van der Waals surface area contributed by atoms with Gasteiger partial charge in [0.05, 0.1) is 18.3 Å². The van der Waals surface area contributed by atoms with Crippen molar-refractivity contribution in [1.82, 2.24) is 15.0 Å². The number of aromatic nitrogens is 3. The number of nitrogens with one attached hydrogen (secondary N) is 2. The van der Waals surface area contributed by atoms with Gasteiger partial charge in [-0.2, -0.15) is 4.98 Å². The van der Waals surface area contributed by atoms with Gasteiger partial charge in [0.25, 0.3) is 0 Å². The summed E-state index contributed by atoms with van der Waals surface area (Å²) in [6.07, 6.45) is 3.50. The first-order valence-corrected chi connectivity index (χ1v) is 9.05. The monoisotopic (exact) mass is 363 g/mol. The molecule has 0 aliphatic rings. The fraction of sp³-hybridized carbons (Fsp3) is 0.286. The number of rotatable bonds is 7. The molecule has 3 rings (SSSR count). The first-order chi connectivity index (χ1) is 13.0. The number of pyridine rings is 1. The van der Waals surface area contributed by atoms with Crippen molar-refractivity contribution in [2.75, 3.05) is 17.2 Å². The smallest absolute Gasteiger partial charge is 0.225 e. The maximum absolute atomic E-state index is 9.63. The number of aliphatic hydroxyl groups excluding tert-OH is 1. The highest BCUT2D eigenvalue weighted by Crippen LogP contribution is 2.24. The number of anilines is 3. The van der Waals surface area contributed by atoms with Gasteiger partial charge < -0.3 is 15.7 Å². The second-order valence-corrected chi connectivity index (χ2v) is 6.87. The van der Waals surface area contributed by atoms with E-state index in [9.17, 15) is 5.11 Å². The molecule has 0 amide bonds. The standard InChI is InChI=1S/C21H25N5O/c1-14(2)19(13-27)25-21-24-18(16-5-4-10-22-12-16)11-20(26-21)23-17-8-6-15(3)7-9-17/h4-12,14,19,27H,13H2,1-3H3,(H2,23,24,25,26)/t19-/m0/s1. The van der Waals surface area contributed by atoms with E-state index in [4.69, 9.17) is 0 Å². The molecule has 3 N–H and O–H groups in total. The van der Waals surface area contributed by atoms with E-state index in [-0.39, 0.29) is 18.6 Å². The lowest BCUT2D eigenvalue weighted by molar-refractivity contribution is 0.248. The largest absolute Gasteiger partial charge is 0.394 e. The SMILES string of the molecule is Cc1ccc(Nc2cc(-c3cccnc3)nc(N[C@@H](CO)C(C)C)n2)cc1. The predicted octanol–water partition coefficient (Wildman–Crippen LogP) is 4.02. The molecule has 0 unspecified atom stereocenters. The lowest BCUT2D eigenvalue weighted by atomic mass is 10.1. The van der Waals surface area contributed by atoms with Crippen molar-refractivity contribution in [2.24, 2.45) is 5.92 Å². The zero-order valence-electron chi connectivity index (χ0n) is 15.8. The van der Waals surface area contributed by atoms with Crippen LogP contribution in [0.25, 0.3) is 11.3 Å². The quantitative estimate of drug-likeness (QED) is 0.588. The van der Waals surface area contributed by atoms with Crippen LogP contribution in [0.1, 0.15) is 19.4 Å². The number of nitrogens with zero attached hydrogens (tertiary/aromatic N) is 3. The van der Waals surface area contributed by atoms with E-state index < -0.39 is 0 Å². The molecule has 2 heterocycles. The average Bonchev–Trinajstić information content (AvgIpc) is 2.68. The highest BCUT2D eigenvalue weighted by atomic mass is 16.3. The van der Waals surface area contributed by atoms with Gasteiger partial charge in [-0.1, -0.05) is 31.5 Å². The molecule has 6 nitrogen and oxygen atoms in total. The molecule has 0 aliphatic heterocycles. The summed E-state index contributed by atoms with van der Waals surface area (Å²) in [6, 6.07) is 13.7. The lowest BCUT2D eigenvalue weighted by Crippen LogP contribution is -2.30. The van der Waals surface area contributed by atoms with Crippen LogP contribution in [0, 0.1) is 12.8 Å². The minimum atomic E-state index is -0.124. The van der Waals surface area contributed by atoms with Crippen LogP contribution in [0.2, 0.25) is 0 Å². The van der Waals surface area contributed by atoms with Crippen molar-refractivity contribution in [3.05, 3.63) is 60.4 Å². The highest BCUT2D eigenvalue weighted by Gasteiger charge is 2.15. The summed E-state index contributed by atoms with van der Waals surface area (Å²) < 4.78 is 0. The topological polar surface area (TPSA) is 83.0 Å². The number of aliphatic hydroxyl groups is 1. The van der Waals surface area contributed by atoms with E-state index in [0.29, 0.717) is 11.8 Å². The third-order valence-electron chi connectivity index (χ3n) is 4.32. The van der Waals surface area contributed by atoms with Crippen LogP contribution in [0.3, 0.4) is 0 Å². The Morgan fingerprint density at radius 1 is 1.07 bits per heavy atom. The summed E-state index contributed by atoms with van der Waals surface area (Å²) in [5.41, 5.74) is 3.81. The number of hydrogen-bond acceptors (Lipinski definition) is 6. The van der Waals surface area contributed by atoms with Crippen molar-refractivity contribution in [2.45, 2.75) is 26.8 Å². The van der Waals surface area contributed by atoms with Crippen LogP contribution in [-0.4, -0.2) is 32.7 Å². The Morgan fingerprint density at radius 2 is 1.85 bits per heavy atom. The number of benzene rings is 1. The van der Waals surface area contributed by atoms with Gasteiger partial charge in [0.2, 0.25) is 5.95 Å². The Balaban J connectivity index is 1.96. The van der Waals surface area contributed by atoms with E-state index in [1.807, 2.05) is 56.3 Å². The summed E-state index contributed by atoms with van der Waals surface area (Å²) in [6.45, 7) is 6.16. The van der Waals surface area contributed by atoms with E-state index in [1.54, 1.807) is 12.4 Å². The molecule has 6 heteroatoms. The van der Waals surface area contributed by atoms with E-state index in [1.165, 1.54) is 5.56 Å². The fourth-order valence-corrected chi connectivity index (χ4v) is 2.61. The van der Waals surface area contributed by atoms with Gasteiger partial charge in [-0.15, -0.1) is 0 Å². The third-order valence-corrected chi connectivity index (χ3v) is 4.32. The van der Waals surface area contributed by atoms with Crippen LogP contribution in [0.4, 0.5) is 17.5 Å². The van der Waals surface area contributed by atoms with Crippen LogP contribution < -0.4 is 10.6 Å². The molecule has 140 valence electrons. The molecule has 1 atom stereocenters. The first kappa shape index (κ1) is 18.8. The lowest BCUT2D eigenvalue weighted by Gasteiger charge is -2.20. The Bertz CT molecular complexity index is 866. The van der Waals surface area contributed by atoms with Crippen molar-refractivity contribution >= 4 is 17.5 Å². The predicted molar refractivity (Wildman–Crippen MR) is 109 cm³/mol. The summed E-state index contributed by atoms with van der Waals surface area (Å²) in [7, 11) is 0. The summed E-state index contributed by atoms with van der Waals surface area (Å²) in [5.74, 6) is 1.39. The third kappa shape index (κ3) is 5.01. The van der Waals surface area contributed by atoms with E-state index >= 15 is 0 Å². The second-order valence-electron chi connectivity index (χ2n) is 6.87. The molecule has 0 bridgehead atoms. The van der Waals surface area contributed by atoms with Crippen molar-refractivity contribution in [1.29, 1.82) is 0 Å². The molecule has 3 aromatic rings. The molecular weight excluding hydrogens is 338 g/mol. The molecule has 0 fully saturated rings. The van der Waals surface area contributed by atoms with Gasteiger partial charge in [-0.25, -0.2) is 4.98 Å². The zero-order valence-corrected chi connectivity index (χ0v) is 15.8. The Morgan fingerprint density at radius 3 is 2.48 bits per heavy atom. The molecule has 27 heavy (non-hydrogen) atoms. The minimum Gasteiger partial charge on any atom is -0.394 e. The fourth-order valence-electron chi connectivity index (χ4n) is 2.61. The van der Waals surface area contributed by atoms with Gasteiger partial charge in [-0.05, 0) is 37.1 Å². The van der Waals surface area contributed by atoms with E-state index in [2.05, 4.69) is 32.5 Å². The van der Waals surface area contributed by atoms with Crippen molar-refractivity contribution < 1.29 is 5.11 Å². The molecule has 2 aromatic heterocycles. The van der Waals surface area contributed by atoms with Gasteiger partial charge >= 0.3 is 0 Å². The zero-order chi connectivity index (χ0) is 19.2. The number of aryl methyl sites for hydroxylation is 1. The van der Waals surface area contributed by atoms with Crippen LogP contribution in [0.15, 0.2) is 54.9 Å². The molecular formula is C21H25N5O. The normalized spacial score (nSPS) is 12.0. The molecule has 1 aromatic carbocycles. The molecule has 0 saturated carbocycles. The van der Waals surface area contributed by atoms with Crippen LogP contribution in [-0.2, 0) is 0 Å². The van der Waals surface area contributed by atoms with Gasteiger partial charge in [0, 0.05) is 29.7 Å². The average molecular weight is 363 g/mol. The van der Waals surface area contributed by atoms with Gasteiger partial charge in [0.15, 0.2) is 0 Å². The number of hydrogen-bond donors (Lipinski definition) is 3. The summed E-state index contributed by atoms with van der Waals surface area (Å²) in [5, 5.41) is 16.2. The van der Waals surface area contributed by atoms with Crippen molar-refractivity contribution in [3.8, 4) is 11.3 Å². The molecule has 0 radical (unpaired) electrons. The maximum Gasteiger partial charge on any atom is 0.225 e. The Hall–Kier alpha value is -2.99. The van der Waals surface area contributed by atoms with Gasteiger partial charge in [0.1, 0.15) is 5.82 Å². The van der Waals surface area contributed by atoms with E-state index in [0.717, 1.165) is 16.9 Å². The second kappa shape index (κ2) is 8.60. The van der Waals surface area contributed by atoms with Crippen molar-refractivity contribution in [3.63, 3.8) is 0 Å². The molecule has 0 spiro atoms. The minimum absolute atomic E-state index is 0.0128. The Labute approximate surface area is 159 Å². The van der Waals surface area contributed by atoms with Crippen LogP contribution >= 0.6 is 0 Å². The highest BCUT2D eigenvalue weighted by molar-refractivity contribution is 5.67. The maximum atomic E-state index is 9.63. The van der Waals surface area contributed by atoms with Gasteiger partial charge in [-0.3, -0.25) is 4.98 Å². The summed E-state index contributed by atoms with van der Waals surface area (Å²) >= 11 is 0.